The van der Waals surface area contributed by atoms with Gasteiger partial charge >= 0.3 is 12.0 Å². The summed E-state index contributed by atoms with van der Waals surface area (Å²) < 4.78 is 16.1. The van der Waals surface area contributed by atoms with Crippen LogP contribution in [-0.2, 0) is 16.0 Å². The molecule has 4 rings (SSSR count). The minimum absolute atomic E-state index is 0.00730. The molecule has 2 N–H and O–H groups in total. The number of ether oxygens (including phenoxy) is 3. The Morgan fingerprint density at radius 2 is 1.68 bits per heavy atom. The summed E-state index contributed by atoms with van der Waals surface area (Å²) in [5.41, 5.74) is 3.95. The lowest BCUT2D eigenvalue weighted by atomic mass is 10.0. The van der Waals surface area contributed by atoms with Gasteiger partial charge in [-0.3, -0.25) is 4.79 Å². The molecule has 1 aliphatic carbocycles. The molecular weight excluding hydrogens is 518 g/mol. The molecule has 1 aliphatic rings. The zero-order chi connectivity index (χ0) is 29.0. The van der Waals surface area contributed by atoms with Crippen molar-refractivity contribution in [3.8, 4) is 22.6 Å². The highest BCUT2D eigenvalue weighted by Gasteiger charge is 2.44. The van der Waals surface area contributed by atoms with Crippen LogP contribution in [0.5, 0.6) is 11.5 Å². The molecule has 0 spiro atoms. The van der Waals surface area contributed by atoms with Gasteiger partial charge < -0.3 is 29.7 Å². The molecular formula is C33H41N3O5. The number of hydrogen-bond donors (Lipinski definition) is 2. The third kappa shape index (κ3) is 8.72. The molecule has 3 aromatic rings. The number of carbonyl (C=O) groups is 2. The number of hydrogen-bond acceptors (Lipinski definition) is 6. The summed E-state index contributed by atoms with van der Waals surface area (Å²) >= 11 is 0. The van der Waals surface area contributed by atoms with Crippen molar-refractivity contribution in [1.82, 2.24) is 10.2 Å². The van der Waals surface area contributed by atoms with Crippen LogP contribution in [0, 0.1) is 11.8 Å². The number of nitrogens with one attached hydrogen (secondary N) is 2. The van der Waals surface area contributed by atoms with Crippen molar-refractivity contribution >= 4 is 17.7 Å². The van der Waals surface area contributed by atoms with E-state index >= 15 is 0 Å². The monoisotopic (exact) mass is 559 g/mol. The van der Waals surface area contributed by atoms with Gasteiger partial charge in [0.15, 0.2) is 11.5 Å². The quantitative estimate of drug-likeness (QED) is 0.185. The molecule has 0 bridgehead atoms. The lowest BCUT2D eigenvalue weighted by molar-refractivity contribution is -0.145. The summed E-state index contributed by atoms with van der Waals surface area (Å²) in [6.45, 7) is 5.26. The van der Waals surface area contributed by atoms with Crippen molar-refractivity contribution in [2.75, 3.05) is 52.3 Å². The maximum absolute atomic E-state index is 12.7. The molecule has 218 valence electrons. The number of amides is 2. The van der Waals surface area contributed by atoms with Gasteiger partial charge in [-0.25, -0.2) is 4.79 Å². The molecule has 2 unspecified atom stereocenters. The van der Waals surface area contributed by atoms with Crippen LogP contribution in [0.4, 0.5) is 10.5 Å². The van der Waals surface area contributed by atoms with Gasteiger partial charge in [-0.2, -0.15) is 0 Å². The number of esters is 1. The zero-order valence-electron chi connectivity index (χ0n) is 24.2. The predicted molar refractivity (Wildman–Crippen MR) is 161 cm³/mol. The number of carbonyl (C=O) groups excluding carboxylic acids is 2. The second-order valence-corrected chi connectivity index (χ2v) is 10.2. The number of benzene rings is 3. The smallest absolute Gasteiger partial charge is 0.319 e. The summed E-state index contributed by atoms with van der Waals surface area (Å²) in [6.07, 6.45) is 2.49. The molecule has 1 saturated carbocycles. The Morgan fingerprint density at radius 1 is 0.927 bits per heavy atom. The number of para-hydroxylation sites is 1. The highest BCUT2D eigenvalue weighted by molar-refractivity contribution is 5.94. The lowest BCUT2D eigenvalue weighted by Gasteiger charge is -2.23. The van der Waals surface area contributed by atoms with E-state index in [2.05, 4.69) is 21.6 Å². The Balaban J connectivity index is 1.30. The fraction of sp³-hybridized carbons (Fsp3) is 0.394. The molecule has 0 aliphatic heterocycles. The van der Waals surface area contributed by atoms with E-state index in [9.17, 15) is 9.59 Å². The minimum Gasteiger partial charge on any atom is -0.493 e. The molecule has 8 heteroatoms. The molecule has 0 aromatic heterocycles. The number of methoxy groups -OCH3 is 2. The molecule has 2 atom stereocenters. The lowest BCUT2D eigenvalue weighted by Crippen LogP contribution is -2.34. The van der Waals surface area contributed by atoms with Crippen molar-refractivity contribution in [3.05, 3.63) is 78.4 Å². The highest BCUT2D eigenvalue weighted by atomic mass is 16.5. The van der Waals surface area contributed by atoms with Gasteiger partial charge in [0.2, 0.25) is 0 Å². The third-order valence-electron chi connectivity index (χ3n) is 7.37. The van der Waals surface area contributed by atoms with Crippen LogP contribution < -0.4 is 20.1 Å². The third-order valence-corrected chi connectivity index (χ3v) is 7.37. The van der Waals surface area contributed by atoms with Crippen molar-refractivity contribution < 1.29 is 23.8 Å². The van der Waals surface area contributed by atoms with E-state index in [-0.39, 0.29) is 17.9 Å². The van der Waals surface area contributed by atoms with Crippen molar-refractivity contribution in [2.45, 2.75) is 26.2 Å². The molecule has 2 amide bonds. The summed E-state index contributed by atoms with van der Waals surface area (Å²) in [4.78, 5) is 27.3. The predicted octanol–water partition coefficient (Wildman–Crippen LogP) is 5.63. The zero-order valence-corrected chi connectivity index (χ0v) is 24.2. The first-order valence-electron chi connectivity index (χ1n) is 14.3. The fourth-order valence-corrected chi connectivity index (χ4v) is 5.07. The molecule has 8 nitrogen and oxygen atoms in total. The fourth-order valence-electron chi connectivity index (χ4n) is 5.07. The van der Waals surface area contributed by atoms with Crippen LogP contribution in [0.25, 0.3) is 11.1 Å². The standard InChI is InChI=1S/C33H41N3O5/c1-4-41-32(37)28-22-26(28)23-36(20-17-24-15-16-30(39-2)31(21-24)40-3)19-10-18-34-33(38)35-29-14-9-8-13-27(29)25-11-6-5-7-12-25/h5-9,11-16,21,26,28H,4,10,17-20,22-23H2,1-3H3,(H2,34,35,38). The van der Waals surface area contributed by atoms with Gasteiger partial charge in [0, 0.05) is 25.2 Å². The molecule has 0 heterocycles. The molecule has 41 heavy (non-hydrogen) atoms. The summed E-state index contributed by atoms with van der Waals surface area (Å²) in [7, 11) is 3.27. The van der Waals surface area contributed by atoms with Crippen molar-refractivity contribution in [2.24, 2.45) is 11.8 Å². The molecule has 1 fully saturated rings. The van der Waals surface area contributed by atoms with Crippen LogP contribution in [0.15, 0.2) is 72.8 Å². The van der Waals surface area contributed by atoms with E-state index in [0.29, 0.717) is 30.6 Å². The Labute approximate surface area is 243 Å². The van der Waals surface area contributed by atoms with E-state index in [4.69, 9.17) is 14.2 Å². The van der Waals surface area contributed by atoms with E-state index in [0.717, 1.165) is 61.3 Å². The summed E-state index contributed by atoms with van der Waals surface area (Å²) in [5.74, 6) is 1.63. The van der Waals surface area contributed by atoms with E-state index in [1.807, 2.05) is 73.7 Å². The van der Waals surface area contributed by atoms with Gasteiger partial charge in [-0.15, -0.1) is 0 Å². The topological polar surface area (TPSA) is 89.1 Å². The van der Waals surface area contributed by atoms with E-state index < -0.39 is 0 Å². The molecule has 0 saturated heterocycles. The van der Waals surface area contributed by atoms with Gasteiger partial charge in [0.05, 0.1) is 32.4 Å². The van der Waals surface area contributed by atoms with Crippen LogP contribution >= 0.6 is 0 Å². The second-order valence-electron chi connectivity index (χ2n) is 10.2. The Kier molecular flexibility index (Phi) is 11.0. The summed E-state index contributed by atoms with van der Waals surface area (Å²) in [6, 6.07) is 23.6. The largest absolute Gasteiger partial charge is 0.493 e. The van der Waals surface area contributed by atoms with Gasteiger partial charge in [-0.05, 0) is 68.0 Å². The van der Waals surface area contributed by atoms with Gasteiger partial charge in [0.25, 0.3) is 0 Å². The first kappa shape index (κ1) is 29.9. The highest BCUT2D eigenvalue weighted by Crippen LogP contribution is 2.40. The average Bonchev–Trinajstić information content (AvgIpc) is 3.78. The second kappa shape index (κ2) is 15.1. The Hall–Kier alpha value is -4.04. The molecule has 3 aromatic carbocycles. The number of nitrogens with zero attached hydrogens (tertiary/aromatic N) is 1. The normalized spacial score (nSPS) is 15.7. The maximum Gasteiger partial charge on any atom is 0.319 e. The number of rotatable bonds is 15. The van der Waals surface area contributed by atoms with Gasteiger partial charge in [0.1, 0.15) is 0 Å². The minimum atomic E-state index is -0.227. The molecule has 0 radical (unpaired) electrons. The van der Waals surface area contributed by atoms with Crippen LogP contribution in [0.1, 0.15) is 25.3 Å². The maximum atomic E-state index is 12.7. The van der Waals surface area contributed by atoms with Crippen LogP contribution in [0.2, 0.25) is 0 Å². The Bertz CT molecular complexity index is 1280. The van der Waals surface area contributed by atoms with Crippen molar-refractivity contribution in [1.29, 1.82) is 0 Å². The van der Waals surface area contributed by atoms with Crippen molar-refractivity contribution in [3.63, 3.8) is 0 Å². The first-order valence-corrected chi connectivity index (χ1v) is 14.3. The summed E-state index contributed by atoms with van der Waals surface area (Å²) in [5, 5.41) is 6.00. The SMILES string of the molecule is CCOC(=O)C1CC1CN(CCCNC(=O)Nc1ccccc1-c1ccccc1)CCc1ccc(OC)c(OC)c1. The van der Waals surface area contributed by atoms with E-state index in [1.165, 1.54) is 0 Å². The van der Waals surface area contributed by atoms with E-state index in [1.54, 1.807) is 14.2 Å². The number of urea groups is 1. The average molecular weight is 560 g/mol. The van der Waals surface area contributed by atoms with Crippen LogP contribution in [0.3, 0.4) is 0 Å². The van der Waals surface area contributed by atoms with Crippen LogP contribution in [-0.4, -0.2) is 63.9 Å². The van der Waals surface area contributed by atoms with Gasteiger partial charge in [-0.1, -0.05) is 54.6 Å². The first-order chi connectivity index (χ1) is 20.0. The number of anilines is 1. The Morgan fingerprint density at radius 3 is 2.44 bits per heavy atom.